The molecule has 1 N–H and O–H groups in total. The molecule has 0 radical (unpaired) electrons. The Kier molecular flexibility index (Phi) is 4.58. The number of benzene rings is 1. The van der Waals surface area contributed by atoms with Gasteiger partial charge >= 0.3 is 5.97 Å². The van der Waals surface area contributed by atoms with Crippen molar-refractivity contribution < 1.29 is 9.90 Å². The van der Waals surface area contributed by atoms with Crippen LogP contribution in [-0.4, -0.2) is 11.1 Å². The van der Waals surface area contributed by atoms with Gasteiger partial charge in [-0.25, -0.2) is 0 Å². The van der Waals surface area contributed by atoms with Crippen molar-refractivity contribution in [3.8, 4) is 0 Å². The molecule has 1 aromatic rings. The molecule has 1 aromatic carbocycles. The Morgan fingerprint density at radius 3 is 2.24 bits per heavy atom. The highest BCUT2D eigenvalue weighted by Crippen LogP contribution is 2.33. The molecule has 0 aliphatic heterocycles. The normalized spacial score (nSPS) is 13.4. The van der Waals surface area contributed by atoms with Crippen molar-refractivity contribution in [1.29, 1.82) is 0 Å². The highest BCUT2D eigenvalue weighted by molar-refractivity contribution is 6.30. The Morgan fingerprint density at radius 1 is 1.29 bits per heavy atom. The van der Waals surface area contributed by atoms with Crippen molar-refractivity contribution in [3.05, 3.63) is 34.9 Å². The molecular weight excluding hydrogens is 236 g/mol. The second-order valence-electron chi connectivity index (χ2n) is 5.61. The molecule has 0 spiro atoms. The molecule has 0 fully saturated rings. The van der Waals surface area contributed by atoms with E-state index in [9.17, 15) is 4.79 Å². The summed E-state index contributed by atoms with van der Waals surface area (Å²) in [6.07, 6.45) is 1.01. The summed E-state index contributed by atoms with van der Waals surface area (Å²) in [6, 6.07) is 7.46. The third kappa shape index (κ3) is 5.22. The van der Waals surface area contributed by atoms with Gasteiger partial charge in [0.2, 0.25) is 0 Å². The minimum Gasteiger partial charge on any atom is -0.481 e. The van der Waals surface area contributed by atoms with Crippen LogP contribution in [-0.2, 0) is 4.79 Å². The summed E-state index contributed by atoms with van der Waals surface area (Å²) in [6.45, 7) is 6.37. The first-order chi connectivity index (χ1) is 7.78. The summed E-state index contributed by atoms with van der Waals surface area (Å²) in [5.74, 6) is -0.709. The minimum absolute atomic E-state index is 0.0461. The smallest absolute Gasteiger partial charge is 0.303 e. The summed E-state index contributed by atoms with van der Waals surface area (Å²) < 4.78 is 0. The standard InChI is InChI=1S/C14H19ClO2/c1-14(2,3)9-11(8-13(16)17)10-4-6-12(15)7-5-10/h4-7,11H,8-9H2,1-3H3,(H,16,17). The van der Waals surface area contributed by atoms with E-state index in [4.69, 9.17) is 16.7 Å². The van der Waals surface area contributed by atoms with E-state index in [1.54, 1.807) is 0 Å². The van der Waals surface area contributed by atoms with E-state index in [0.29, 0.717) is 5.02 Å². The lowest BCUT2D eigenvalue weighted by Crippen LogP contribution is -2.15. The van der Waals surface area contributed by atoms with Gasteiger partial charge in [-0.05, 0) is 35.4 Å². The van der Waals surface area contributed by atoms with Gasteiger partial charge in [-0.1, -0.05) is 44.5 Å². The summed E-state index contributed by atoms with van der Waals surface area (Å²) in [5, 5.41) is 9.65. The second kappa shape index (κ2) is 5.54. The fourth-order valence-corrected chi connectivity index (χ4v) is 2.12. The van der Waals surface area contributed by atoms with E-state index >= 15 is 0 Å². The van der Waals surface area contributed by atoms with Crippen LogP contribution >= 0.6 is 11.6 Å². The van der Waals surface area contributed by atoms with Crippen LogP contribution in [0.1, 0.15) is 45.1 Å². The largest absolute Gasteiger partial charge is 0.481 e. The highest BCUT2D eigenvalue weighted by atomic mass is 35.5. The molecule has 1 unspecified atom stereocenters. The third-order valence-corrected chi connectivity index (χ3v) is 2.87. The molecule has 1 rings (SSSR count). The van der Waals surface area contributed by atoms with Crippen molar-refractivity contribution in [1.82, 2.24) is 0 Å². The van der Waals surface area contributed by atoms with Crippen molar-refractivity contribution in [3.63, 3.8) is 0 Å². The summed E-state index contributed by atoms with van der Waals surface area (Å²) in [5.41, 5.74) is 1.16. The molecular formula is C14H19ClO2. The van der Waals surface area contributed by atoms with Gasteiger partial charge in [0.1, 0.15) is 0 Å². The van der Waals surface area contributed by atoms with Crippen LogP contribution in [0.25, 0.3) is 0 Å². The lowest BCUT2D eigenvalue weighted by Gasteiger charge is -2.25. The van der Waals surface area contributed by atoms with Gasteiger partial charge in [0.15, 0.2) is 0 Å². The van der Waals surface area contributed by atoms with E-state index in [2.05, 4.69) is 20.8 Å². The Morgan fingerprint density at radius 2 is 1.82 bits per heavy atom. The van der Waals surface area contributed by atoms with Crippen molar-refractivity contribution in [2.45, 2.75) is 39.5 Å². The van der Waals surface area contributed by atoms with Crippen molar-refractivity contribution >= 4 is 17.6 Å². The zero-order valence-corrected chi connectivity index (χ0v) is 11.3. The molecule has 0 heterocycles. The third-order valence-electron chi connectivity index (χ3n) is 2.62. The van der Waals surface area contributed by atoms with E-state index in [-0.39, 0.29) is 17.8 Å². The van der Waals surface area contributed by atoms with Crippen LogP contribution in [0.3, 0.4) is 0 Å². The first kappa shape index (κ1) is 14.0. The fourth-order valence-electron chi connectivity index (χ4n) is 1.99. The van der Waals surface area contributed by atoms with Gasteiger partial charge in [-0.2, -0.15) is 0 Å². The van der Waals surface area contributed by atoms with Gasteiger partial charge < -0.3 is 5.11 Å². The molecule has 0 amide bonds. The number of rotatable bonds is 4. The molecule has 0 aliphatic rings. The Balaban J connectivity index is 2.89. The molecule has 0 aromatic heterocycles. The monoisotopic (exact) mass is 254 g/mol. The number of carboxylic acid groups (broad SMARTS) is 1. The first-order valence-electron chi connectivity index (χ1n) is 5.75. The zero-order chi connectivity index (χ0) is 13.1. The number of hydrogen-bond acceptors (Lipinski definition) is 1. The predicted molar refractivity (Wildman–Crippen MR) is 70.5 cm³/mol. The number of halogens is 1. The lowest BCUT2D eigenvalue weighted by atomic mass is 9.80. The molecule has 94 valence electrons. The van der Waals surface area contributed by atoms with Gasteiger partial charge in [-0.3, -0.25) is 4.79 Å². The number of aliphatic carboxylic acids is 1. The zero-order valence-electron chi connectivity index (χ0n) is 10.5. The van der Waals surface area contributed by atoms with E-state index < -0.39 is 5.97 Å². The van der Waals surface area contributed by atoms with Crippen molar-refractivity contribution in [2.24, 2.45) is 5.41 Å². The molecule has 0 saturated heterocycles. The van der Waals surface area contributed by atoms with E-state index in [1.807, 2.05) is 24.3 Å². The molecule has 3 heteroatoms. The quantitative estimate of drug-likeness (QED) is 0.868. The van der Waals surface area contributed by atoms with Crippen LogP contribution in [0.15, 0.2) is 24.3 Å². The molecule has 1 atom stereocenters. The molecule has 0 aliphatic carbocycles. The molecule has 0 bridgehead atoms. The van der Waals surface area contributed by atoms with Crippen molar-refractivity contribution in [2.75, 3.05) is 0 Å². The maximum absolute atomic E-state index is 10.9. The minimum atomic E-state index is -0.755. The van der Waals surface area contributed by atoms with Crippen LogP contribution in [0.4, 0.5) is 0 Å². The van der Waals surface area contributed by atoms with Gasteiger partial charge in [0, 0.05) is 5.02 Å². The number of carboxylic acids is 1. The lowest BCUT2D eigenvalue weighted by molar-refractivity contribution is -0.137. The summed E-state index contributed by atoms with van der Waals surface area (Å²) >= 11 is 5.84. The maximum Gasteiger partial charge on any atom is 0.303 e. The van der Waals surface area contributed by atoms with Crippen LogP contribution in [0, 0.1) is 5.41 Å². The number of hydrogen-bond donors (Lipinski definition) is 1. The van der Waals surface area contributed by atoms with Crippen LogP contribution in [0.5, 0.6) is 0 Å². The SMILES string of the molecule is CC(C)(C)CC(CC(=O)O)c1ccc(Cl)cc1. The first-order valence-corrected chi connectivity index (χ1v) is 6.13. The average Bonchev–Trinajstić information content (AvgIpc) is 2.14. The Labute approximate surface area is 108 Å². The fraction of sp³-hybridized carbons (Fsp3) is 0.500. The second-order valence-corrected chi connectivity index (χ2v) is 6.05. The highest BCUT2D eigenvalue weighted by Gasteiger charge is 2.22. The Hall–Kier alpha value is -1.02. The van der Waals surface area contributed by atoms with Crippen LogP contribution in [0.2, 0.25) is 5.02 Å². The number of carbonyl (C=O) groups is 1. The Bertz CT molecular complexity index is 376. The maximum atomic E-state index is 10.9. The van der Waals surface area contributed by atoms with Gasteiger partial charge in [0.05, 0.1) is 6.42 Å². The van der Waals surface area contributed by atoms with Crippen LogP contribution < -0.4 is 0 Å². The predicted octanol–water partition coefficient (Wildman–Crippen LogP) is 4.33. The topological polar surface area (TPSA) is 37.3 Å². The van der Waals surface area contributed by atoms with Gasteiger partial charge in [-0.15, -0.1) is 0 Å². The molecule has 0 saturated carbocycles. The van der Waals surface area contributed by atoms with E-state index in [1.165, 1.54) is 0 Å². The molecule has 17 heavy (non-hydrogen) atoms. The van der Waals surface area contributed by atoms with Gasteiger partial charge in [0.25, 0.3) is 0 Å². The molecule has 2 nitrogen and oxygen atoms in total. The summed E-state index contributed by atoms with van der Waals surface area (Å²) in [7, 11) is 0. The average molecular weight is 255 g/mol. The summed E-state index contributed by atoms with van der Waals surface area (Å²) in [4.78, 5) is 10.9. The van der Waals surface area contributed by atoms with E-state index in [0.717, 1.165) is 12.0 Å².